The lowest BCUT2D eigenvalue weighted by molar-refractivity contribution is -0.155. The van der Waals surface area contributed by atoms with Crippen LogP contribution in [0.4, 0.5) is 0 Å². The molecule has 0 saturated heterocycles. The largest absolute Gasteiger partial charge is 0.461 e. The van der Waals surface area contributed by atoms with Crippen molar-refractivity contribution in [3.63, 3.8) is 0 Å². The summed E-state index contributed by atoms with van der Waals surface area (Å²) in [6.07, 6.45) is -0.505. The van der Waals surface area contributed by atoms with Crippen molar-refractivity contribution in [2.24, 2.45) is 0 Å². The summed E-state index contributed by atoms with van der Waals surface area (Å²) < 4.78 is 10.6. The van der Waals surface area contributed by atoms with Crippen LogP contribution in [0, 0.1) is 0 Å². The first-order valence-electron chi connectivity index (χ1n) is 4.60. The molecule has 1 unspecified atom stereocenters. The summed E-state index contributed by atoms with van der Waals surface area (Å²) in [5, 5.41) is 0. The Morgan fingerprint density at radius 1 is 1.15 bits per heavy atom. The first kappa shape index (κ1) is 12.6. The van der Waals surface area contributed by atoms with Crippen molar-refractivity contribution in [2.75, 3.05) is 0 Å². The predicted molar refractivity (Wildman–Crippen MR) is 55.1 cm³/mol. The van der Waals surface area contributed by atoms with Gasteiger partial charge in [0.1, 0.15) is 6.10 Å². The van der Waals surface area contributed by atoms with Gasteiger partial charge in [-0.25, -0.2) is 4.79 Å². The molecule has 0 aliphatic rings. The van der Waals surface area contributed by atoms with E-state index in [1.54, 1.807) is 6.92 Å². The van der Waals surface area contributed by atoms with Gasteiger partial charge in [0.25, 0.3) is 0 Å². The van der Waals surface area contributed by atoms with Gasteiger partial charge in [-0.15, -0.1) is 0 Å². The van der Waals surface area contributed by atoms with Crippen molar-refractivity contribution in [3.8, 4) is 0 Å². The third-order valence-corrected chi connectivity index (χ3v) is 2.27. The van der Waals surface area contributed by atoms with Crippen LogP contribution in [0.2, 0.25) is 19.6 Å². The van der Waals surface area contributed by atoms with Gasteiger partial charge in [0.15, 0.2) is 8.32 Å². The van der Waals surface area contributed by atoms with Gasteiger partial charge in [0, 0.05) is 0 Å². The van der Waals surface area contributed by atoms with Gasteiger partial charge in [-0.3, -0.25) is 0 Å². The molecule has 0 aromatic carbocycles. The van der Waals surface area contributed by atoms with Crippen LogP contribution in [0.15, 0.2) is 0 Å². The minimum Gasteiger partial charge on any atom is -0.461 e. The highest BCUT2D eigenvalue weighted by atomic mass is 28.4. The molecule has 1 atom stereocenters. The average molecular weight is 204 g/mol. The molecule has 4 heteroatoms. The molecule has 0 bridgehead atoms. The minimum absolute atomic E-state index is 0.0693. The van der Waals surface area contributed by atoms with Gasteiger partial charge < -0.3 is 9.16 Å². The van der Waals surface area contributed by atoms with E-state index in [1.807, 2.05) is 33.5 Å². The molecular weight excluding hydrogens is 184 g/mol. The van der Waals surface area contributed by atoms with Crippen molar-refractivity contribution < 1.29 is 14.0 Å². The third kappa shape index (κ3) is 6.78. The smallest absolute Gasteiger partial charge is 0.333 e. The number of ether oxygens (including phenoxy) is 1. The van der Waals surface area contributed by atoms with Crippen LogP contribution in [-0.4, -0.2) is 26.5 Å². The maximum Gasteiger partial charge on any atom is 0.333 e. The van der Waals surface area contributed by atoms with Crippen LogP contribution in [0.5, 0.6) is 0 Å². The average Bonchev–Trinajstić information content (AvgIpc) is 1.81. The fourth-order valence-corrected chi connectivity index (χ4v) is 2.06. The van der Waals surface area contributed by atoms with E-state index in [4.69, 9.17) is 9.16 Å². The molecule has 3 nitrogen and oxygen atoms in total. The van der Waals surface area contributed by atoms with Crippen LogP contribution >= 0.6 is 0 Å². The molecule has 0 aliphatic heterocycles. The highest BCUT2D eigenvalue weighted by molar-refractivity contribution is 6.69. The van der Waals surface area contributed by atoms with E-state index >= 15 is 0 Å². The molecule has 0 fully saturated rings. The summed E-state index contributed by atoms with van der Waals surface area (Å²) in [6, 6.07) is 0. The Kier molecular flexibility index (Phi) is 4.63. The molecule has 0 N–H and O–H groups in total. The van der Waals surface area contributed by atoms with Crippen LogP contribution < -0.4 is 0 Å². The van der Waals surface area contributed by atoms with E-state index in [2.05, 4.69) is 0 Å². The maximum atomic E-state index is 11.3. The van der Waals surface area contributed by atoms with Crippen LogP contribution in [0.25, 0.3) is 0 Å². The molecule has 0 aromatic rings. The van der Waals surface area contributed by atoms with Gasteiger partial charge in [0.2, 0.25) is 0 Å². The van der Waals surface area contributed by atoms with Gasteiger partial charge in [-0.05, 0) is 40.4 Å². The van der Waals surface area contributed by atoms with Crippen molar-refractivity contribution in [1.29, 1.82) is 0 Å². The molecule has 0 radical (unpaired) electrons. The summed E-state index contributed by atoms with van der Waals surface area (Å²) in [5.74, 6) is -0.266. The van der Waals surface area contributed by atoms with E-state index in [0.717, 1.165) is 0 Å². The summed E-state index contributed by atoms with van der Waals surface area (Å²) in [4.78, 5) is 11.3. The first-order chi connectivity index (χ1) is 5.72. The van der Waals surface area contributed by atoms with Crippen LogP contribution in [0.3, 0.4) is 0 Å². The van der Waals surface area contributed by atoms with Crippen LogP contribution in [0.1, 0.15) is 20.8 Å². The topological polar surface area (TPSA) is 35.5 Å². The minimum atomic E-state index is -1.63. The standard InChI is InChI=1S/C9H20O3Si/c1-7(2)11-9(10)8(3)12-13(4,5)6/h7-8H,1-6H3. The number of rotatable bonds is 4. The van der Waals surface area contributed by atoms with Gasteiger partial charge >= 0.3 is 5.97 Å². The lowest BCUT2D eigenvalue weighted by atomic mass is 10.4. The van der Waals surface area contributed by atoms with Gasteiger partial charge in [-0.1, -0.05) is 0 Å². The summed E-state index contributed by atoms with van der Waals surface area (Å²) in [6.45, 7) is 11.5. The zero-order valence-corrected chi connectivity index (χ0v) is 10.4. The first-order valence-corrected chi connectivity index (χ1v) is 8.01. The van der Waals surface area contributed by atoms with E-state index in [1.165, 1.54) is 0 Å². The molecule has 78 valence electrons. The second-order valence-corrected chi connectivity index (χ2v) is 8.82. The second-order valence-electron chi connectivity index (χ2n) is 4.36. The monoisotopic (exact) mass is 204 g/mol. The van der Waals surface area contributed by atoms with Gasteiger partial charge in [-0.2, -0.15) is 0 Å². The molecular formula is C9H20O3Si. The number of carbonyl (C=O) groups excluding carboxylic acids is 1. The predicted octanol–water partition coefficient (Wildman–Crippen LogP) is 2.18. The lowest BCUT2D eigenvalue weighted by Gasteiger charge is -2.22. The van der Waals surface area contributed by atoms with Crippen molar-refractivity contribution in [2.45, 2.75) is 52.6 Å². The lowest BCUT2D eigenvalue weighted by Crippen LogP contribution is -2.36. The molecule has 0 spiro atoms. The Hall–Kier alpha value is -0.353. The molecule has 0 rings (SSSR count). The van der Waals surface area contributed by atoms with E-state index in [0.29, 0.717) is 0 Å². The summed E-state index contributed by atoms with van der Waals surface area (Å²) in [7, 11) is -1.63. The number of carbonyl (C=O) groups is 1. The molecule has 0 amide bonds. The Morgan fingerprint density at radius 2 is 1.62 bits per heavy atom. The Labute approximate surface area is 81.6 Å². The van der Waals surface area contributed by atoms with E-state index in [-0.39, 0.29) is 12.1 Å². The fraction of sp³-hybridized carbons (Fsp3) is 0.889. The normalized spacial score (nSPS) is 14.4. The highest BCUT2D eigenvalue weighted by Crippen LogP contribution is 2.08. The quantitative estimate of drug-likeness (QED) is 0.520. The van der Waals surface area contributed by atoms with Crippen molar-refractivity contribution in [1.82, 2.24) is 0 Å². The zero-order valence-electron chi connectivity index (χ0n) is 9.38. The molecule has 0 heterocycles. The summed E-state index contributed by atoms with van der Waals surface area (Å²) >= 11 is 0. The van der Waals surface area contributed by atoms with E-state index in [9.17, 15) is 4.79 Å². The van der Waals surface area contributed by atoms with Crippen LogP contribution in [-0.2, 0) is 14.0 Å². The number of hydrogen-bond acceptors (Lipinski definition) is 3. The Bertz CT molecular complexity index is 172. The Morgan fingerprint density at radius 3 is 1.92 bits per heavy atom. The molecule has 0 saturated carbocycles. The summed E-state index contributed by atoms with van der Waals surface area (Å²) in [5.41, 5.74) is 0. The number of hydrogen-bond donors (Lipinski definition) is 0. The van der Waals surface area contributed by atoms with E-state index < -0.39 is 14.4 Å². The zero-order chi connectivity index (χ0) is 10.6. The number of esters is 1. The Balaban J connectivity index is 3.97. The molecule has 13 heavy (non-hydrogen) atoms. The van der Waals surface area contributed by atoms with Crippen molar-refractivity contribution >= 4 is 14.3 Å². The second kappa shape index (κ2) is 4.76. The fourth-order valence-electron chi connectivity index (χ4n) is 0.907. The van der Waals surface area contributed by atoms with Gasteiger partial charge in [0.05, 0.1) is 6.10 Å². The third-order valence-electron chi connectivity index (χ3n) is 1.21. The SMILES string of the molecule is CC(C)OC(=O)C(C)O[Si](C)(C)C. The highest BCUT2D eigenvalue weighted by Gasteiger charge is 2.24. The molecule has 0 aromatic heterocycles. The molecule has 0 aliphatic carbocycles. The maximum absolute atomic E-state index is 11.3. The van der Waals surface area contributed by atoms with Crippen molar-refractivity contribution in [3.05, 3.63) is 0 Å².